The van der Waals surface area contributed by atoms with E-state index in [1.165, 1.54) is 11.1 Å². The van der Waals surface area contributed by atoms with E-state index in [2.05, 4.69) is 32.5 Å². The van der Waals surface area contributed by atoms with Gasteiger partial charge in [0, 0.05) is 24.1 Å². The van der Waals surface area contributed by atoms with Gasteiger partial charge in [-0.1, -0.05) is 36.4 Å². The second-order valence-electron chi connectivity index (χ2n) is 8.26. The van der Waals surface area contributed by atoms with Crippen LogP contribution in [0.25, 0.3) is 22.7 Å². The second-order valence-corrected chi connectivity index (χ2v) is 8.26. The lowest BCUT2D eigenvalue weighted by Crippen LogP contribution is -2.28. The third-order valence-electron chi connectivity index (χ3n) is 6.15. The van der Waals surface area contributed by atoms with Crippen molar-refractivity contribution >= 4 is 11.7 Å². The molecule has 0 spiro atoms. The summed E-state index contributed by atoms with van der Waals surface area (Å²) >= 11 is 0. The van der Waals surface area contributed by atoms with Gasteiger partial charge in [-0.15, -0.1) is 5.10 Å². The van der Waals surface area contributed by atoms with Crippen molar-refractivity contribution < 1.29 is 9.21 Å². The number of carbonyl (C=O) groups excluding carboxylic acids is 1. The Bertz CT molecular complexity index is 1390. The Labute approximate surface area is 190 Å². The Morgan fingerprint density at radius 1 is 1.06 bits per heavy atom. The molecule has 2 aromatic carbocycles. The summed E-state index contributed by atoms with van der Waals surface area (Å²) in [4.78, 5) is 33.4. The molecule has 5 rings (SSSR count). The van der Waals surface area contributed by atoms with Crippen LogP contribution in [0.3, 0.4) is 0 Å². The molecule has 8 nitrogen and oxygen atoms in total. The molecule has 1 N–H and O–H groups in total. The van der Waals surface area contributed by atoms with Crippen LogP contribution in [0.5, 0.6) is 0 Å². The minimum absolute atomic E-state index is 0.0325. The zero-order valence-electron chi connectivity index (χ0n) is 18.4. The van der Waals surface area contributed by atoms with E-state index in [-0.39, 0.29) is 17.7 Å². The van der Waals surface area contributed by atoms with Gasteiger partial charge in [0.25, 0.3) is 0 Å². The highest BCUT2D eigenvalue weighted by Crippen LogP contribution is 2.30. The molecule has 4 aromatic rings. The van der Waals surface area contributed by atoms with Crippen molar-refractivity contribution in [3.63, 3.8) is 0 Å². The lowest BCUT2D eigenvalue weighted by atomic mass is 9.83. The Morgan fingerprint density at radius 3 is 2.58 bits per heavy atom. The van der Waals surface area contributed by atoms with E-state index in [1.54, 1.807) is 19.4 Å². The van der Waals surface area contributed by atoms with Crippen LogP contribution in [0.15, 0.2) is 64.1 Å². The topological polar surface area (TPSA) is 103 Å². The summed E-state index contributed by atoms with van der Waals surface area (Å²) in [7, 11) is 1.54. The molecule has 1 unspecified atom stereocenters. The van der Waals surface area contributed by atoms with Crippen LogP contribution in [-0.4, -0.2) is 25.7 Å². The first kappa shape index (κ1) is 20.8. The first-order valence-corrected chi connectivity index (χ1v) is 10.8. The van der Waals surface area contributed by atoms with Gasteiger partial charge in [-0.25, -0.2) is 9.78 Å². The number of hydrogen-bond acceptors (Lipinski definition) is 6. The van der Waals surface area contributed by atoms with Crippen LogP contribution in [0.1, 0.15) is 23.1 Å². The number of amides is 1. The Balaban J connectivity index is 1.33. The van der Waals surface area contributed by atoms with Crippen LogP contribution in [0.2, 0.25) is 0 Å². The van der Waals surface area contributed by atoms with E-state index in [0.717, 1.165) is 35.1 Å². The number of nitrogens with zero attached hydrogens (tertiary/aromatic N) is 4. The smallest absolute Gasteiger partial charge is 0.388 e. The van der Waals surface area contributed by atoms with Crippen LogP contribution < -0.4 is 11.1 Å². The number of fused-ring (bicyclic) bond motifs is 1. The fourth-order valence-corrected chi connectivity index (χ4v) is 4.28. The molecule has 0 bridgehead atoms. The lowest BCUT2D eigenvalue weighted by molar-refractivity contribution is -0.120. The summed E-state index contributed by atoms with van der Waals surface area (Å²) in [5, 5.41) is 7.04. The van der Waals surface area contributed by atoms with Crippen molar-refractivity contribution in [1.82, 2.24) is 19.7 Å². The molecule has 0 fully saturated rings. The predicted octanol–water partition coefficient (Wildman–Crippen LogP) is 3.55. The van der Waals surface area contributed by atoms with E-state index in [4.69, 9.17) is 4.42 Å². The van der Waals surface area contributed by atoms with Crippen molar-refractivity contribution in [3.05, 3.63) is 82.1 Å². The third kappa shape index (κ3) is 4.07. The van der Waals surface area contributed by atoms with Gasteiger partial charge in [0.05, 0.1) is 18.1 Å². The van der Waals surface area contributed by atoms with E-state index < -0.39 is 5.76 Å². The maximum Gasteiger partial charge on any atom is 0.437 e. The van der Waals surface area contributed by atoms with Crippen molar-refractivity contribution in [3.8, 4) is 22.7 Å². The van der Waals surface area contributed by atoms with Gasteiger partial charge >= 0.3 is 5.76 Å². The Morgan fingerprint density at radius 2 is 1.85 bits per heavy atom. The molecule has 166 valence electrons. The molecule has 0 saturated heterocycles. The number of benzene rings is 2. The minimum Gasteiger partial charge on any atom is -0.388 e. The minimum atomic E-state index is -0.517. The molecule has 1 aliphatic carbocycles. The fourth-order valence-electron chi connectivity index (χ4n) is 4.28. The van der Waals surface area contributed by atoms with Crippen LogP contribution in [0, 0.1) is 12.8 Å². The molecule has 0 radical (unpaired) electrons. The Hall–Kier alpha value is -4.07. The summed E-state index contributed by atoms with van der Waals surface area (Å²) in [6.07, 6.45) is 5.67. The maximum absolute atomic E-state index is 12.8. The number of aromatic nitrogens is 4. The van der Waals surface area contributed by atoms with Crippen LogP contribution in [-0.2, 0) is 24.7 Å². The molecule has 0 saturated carbocycles. The lowest BCUT2D eigenvalue weighted by Gasteiger charge is -2.23. The number of nitrogens with one attached hydrogen (secondary N) is 1. The van der Waals surface area contributed by atoms with E-state index in [9.17, 15) is 9.59 Å². The van der Waals surface area contributed by atoms with Gasteiger partial charge in [-0.2, -0.15) is 4.68 Å². The van der Waals surface area contributed by atoms with Crippen molar-refractivity contribution in [2.75, 3.05) is 5.32 Å². The summed E-state index contributed by atoms with van der Waals surface area (Å²) in [6.45, 7) is 1.91. The first-order valence-electron chi connectivity index (χ1n) is 10.8. The van der Waals surface area contributed by atoms with Gasteiger partial charge in [0.15, 0.2) is 5.82 Å². The quantitative estimate of drug-likeness (QED) is 0.520. The number of hydrogen-bond donors (Lipinski definition) is 1. The monoisotopic (exact) mass is 441 g/mol. The summed E-state index contributed by atoms with van der Waals surface area (Å²) in [5.41, 5.74) is 5.64. The molecule has 33 heavy (non-hydrogen) atoms. The van der Waals surface area contributed by atoms with Gasteiger partial charge in [0.2, 0.25) is 11.8 Å². The molecule has 8 heteroatoms. The average molecular weight is 441 g/mol. The average Bonchev–Trinajstić information content (AvgIpc) is 3.17. The number of aryl methyl sites for hydroxylation is 2. The number of carbonyl (C=O) groups is 1. The van der Waals surface area contributed by atoms with Crippen molar-refractivity contribution in [2.45, 2.75) is 26.2 Å². The summed E-state index contributed by atoms with van der Waals surface area (Å²) < 4.78 is 6.38. The summed E-state index contributed by atoms with van der Waals surface area (Å²) in [6, 6.07) is 13.9. The fraction of sp³-hybridized carbons (Fsp3) is 0.240. The molecule has 1 atom stereocenters. The molecule has 1 aliphatic rings. The molecule has 0 aliphatic heterocycles. The molecule has 2 aromatic heterocycles. The van der Waals surface area contributed by atoms with E-state index in [0.29, 0.717) is 17.1 Å². The van der Waals surface area contributed by atoms with Gasteiger partial charge in [-0.3, -0.25) is 9.78 Å². The molecular formula is C25H23N5O3. The van der Waals surface area contributed by atoms with Crippen molar-refractivity contribution in [1.29, 1.82) is 0 Å². The largest absolute Gasteiger partial charge is 0.437 e. The van der Waals surface area contributed by atoms with Crippen LogP contribution >= 0.6 is 0 Å². The first-order chi connectivity index (χ1) is 16.0. The SMILES string of the molecule is Cc1c(-c2cnc(NC(=O)C3CCc4ccccc4C3)cn2)cccc1-c1nn(C)c(=O)o1. The van der Waals surface area contributed by atoms with Crippen molar-refractivity contribution in [2.24, 2.45) is 13.0 Å². The highest BCUT2D eigenvalue weighted by molar-refractivity contribution is 5.92. The van der Waals surface area contributed by atoms with Gasteiger partial charge in [0.1, 0.15) is 0 Å². The normalized spacial score (nSPS) is 15.2. The zero-order valence-corrected chi connectivity index (χ0v) is 18.4. The second kappa shape index (κ2) is 8.46. The van der Waals surface area contributed by atoms with Crippen LogP contribution in [0.4, 0.5) is 5.82 Å². The summed E-state index contributed by atoms with van der Waals surface area (Å²) in [5.74, 6) is 0.0549. The van der Waals surface area contributed by atoms with Gasteiger partial charge < -0.3 is 9.73 Å². The van der Waals surface area contributed by atoms with E-state index >= 15 is 0 Å². The zero-order chi connectivity index (χ0) is 22.9. The maximum atomic E-state index is 12.8. The standard InChI is InChI=1S/C25H23N5O3/c1-15-19(8-5-9-20(15)24-29-30(2)25(32)33-24)21-13-27-22(14-26-21)28-23(31)18-11-10-16-6-3-4-7-17(16)12-18/h3-9,13-14,18H,10-12H2,1-2H3,(H,27,28,31). The third-order valence-corrected chi connectivity index (χ3v) is 6.15. The van der Waals surface area contributed by atoms with E-state index in [1.807, 2.05) is 37.3 Å². The highest BCUT2D eigenvalue weighted by Gasteiger charge is 2.25. The highest BCUT2D eigenvalue weighted by atomic mass is 16.4. The molecule has 2 heterocycles. The number of anilines is 1. The molecule has 1 amide bonds. The Kier molecular flexibility index (Phi) is 5.34. The predicted molar refractivity (Wildman–Crippen MR) is 124 cm³/mol. The molecular weight excluding hydrogens is 418 g/mol. The number of rotatable bonds is 4. The van der Waals surface area contributed by atoms with Gasteiger partial charge in [-0.05, 0) is 48.9 Å².